The van der Waals surface area contributed by atoms with Crippen LogP contribution >= 0.6 is 0 Å². The van der Waals surface area contributed by atoms with Crippen LogP contribution in [0.4, 0.5) is 11.5 Å². The molecule has 2 aromatic heterocycles. The Balaban J connectivity index is 1.34. The highest BCUT2D eigenvalue weighted by molar-refractivity contribution is 5.87. The van der Waals surface area contributed by atoms with E-state index in [1.165, 1.54) is 0 Å². The molecule has 0 bridgehead atoms. The summed E-state index contributed by atoms with van der Waals surface area (Å²) in [5.74, 6) is 0.861. The number of nitrogens with one attached hydrogen (secondary N) is 3. The molecule has 1 amide bonds. The second kappa shape index (κ2) is 8.26. The lowest BCUT2D eigenvalue weighted by Gasteiger charge is -2.34. The Morgan fingerprint density at radius 3 is 3.14 bits per heavy atom. The monoisotopic (exact) mass is 380 g/mol. The highest BCUT2D eigenvalue weighted by atomic mass is 16.3. The summed E-state index contributed by atoms with van der Waals surface area (Å²) in [6.07, 6.45) is 5.38. The summed E-state index contributed by atoms with van der Waals surface area (Å²) in [5, 5.41) is 16.4. The summed E-state index contributed by atoms with van der Waals surface area (Å²) >= 11 is 0. The molecule has 1 aliphatic heterocycles. The minimum atomic E-state index is -0.0456. The average molecular weight is 380 g/mol. The van der Waals surface area contributed by atoms with Crippen molar-refractivity contribution in [2.45, 2.75) is 25.5 Å². The Morgan fingerprint density at radius 1 is 1.32 bits per heavy atom. The minimum Gasteiger partial charge on any atom is -0.392 e. The summed E-state index contributed by atoms with van der Waals surface area (Å²) in [5.41, 5.74) is 2.46. The summed E-state index contributed by atoms with van der Waals surface area (Å²) in [7, 11) is 0. The number of aliphatic hydroxyl groups excluding tert-OH is 1. The highest BCUT2D eigenvalue weighted by Gasteiger charge is 2.23. The second-order valence-corrected chi connectivity index (χ2v) is 7.00. The number of benzene rings is 1. The summed E-state index contributed by atoms with van der Waals surface area (Å²) in [6, 6.07) is 9.48. The van der Waals surface area contributed by atoms with Crippen molar-refractivity contribution >= 4 is 28.4 Å². The number of nitrogens with zero attached hydrogens (tertiary/aromatic N) is 3. The van der Waals surface area contributed by atoms with Gasteiger partial charge in [-0.2, -0.15) is 0 Å². The fourth-order valence-corrected chi connectivity index (χ4v) is 3.64. The summed E-state index contributed by atoms with van der Waals surface area (Å²) < 4.78 is 0. The van der Waals surface area contributed by atoms with Gasteiger partial charge in [0.1, 0.15) is 17.8 Å². The van der Waals surface area contributed by atoms with Crippen LogP contribution in [0.25, 0.3) is 11.0 Å². The SMILES string of the molecule is O=C(CNc1cccc(CO)c1)N[C@@H]1CCCN(c2ncnc3[nH]ccc23)C1. The van der Waals surface area contributed by atoms with Gasteiger partial charge >= 0.3 is 0 Å². The van der Waals surface area contributed by atoms with Crippen LogP contribution in [-0.4, -0.2) is 51.6 Å². The molecular weight excluding hydrogens is 356 g/mol. The number of carbonyl (C=O) groups is 1. The molecular formula is C20H24N6O2. The van der Waals surface area contributed by atoms with Gasteiger partial charge in [0.2, 0.25) is 5.91 Å². The van der Waals surface area contributed by atoms with Crippen molar-refractivity contribution in [2.75, 3.05) is 29.9 Å². The molecule has 146 valence electrons. The average Bonchev–Trinajstić information content (AvgIpc) is 3.21. The number of aliphatic hydroxyl groups is 1. The number of aromatic amines is 1. The van der Waals surface area contributed by atoms with Crippen LogP contribution in [0.15, 0.2) is 42.9 Å². The van der Waals surface area contributed by atoms with Gasteiger partial charge in [0, 0.05) is 31.0 Å². The number of H-pyrrole nitrogens is 1. The molecule has 0 unspecified atom stereocenters. The molecule has 1 atom stereocenters. The van der Waals surface area contributed by atoms with Crippen LogP contribution < -0.4 is 15.5 Å². The standard InChI is InChI=1S/C20H24N6O2/c27-12-14-3-1-4-15(9-14)22-10-18(28)25-16-5-2-8-26(11-16)20-17-6-7-21-19(17)23-13-24-20/h1,3-4,6-7,9,13,16,22,27H,2,5,8,10-12H2,(H,25,28)(H,21,23,24)/t16-/m1/s1. The molecule has 1 aromatic carbocycles. The molecule has 3 heterocycles. The van der Waals surface area contributed by atoms with Gasteiger partial charge in [0.25, 0.3) is 0 Å². The van der Waals surface area contributed by atoms with Crippen molar-refractivity contribution < 1.29 is 9.90 Å². The highest BCUT2D eigenvalue weighted by Crippen LogP contribution is 2.25. The molecule has 28 heavy (non-hydrogen) atoms. The smallest absolute Gasteiger partial charge is 0.239 e. The number of aromatic nitrogens is 3. The van der Waals surface area contributed by atoms with E-state index in [4.69, 9.17) is 0 Å². The van der Waals surface area contributed by atoms with E-state index in [1.807, 2.05) is 36.5 Å². The topological polar surface area (TPSA) is 106 Å². The van der Waals surface area contributed by atoms with Gasteiger partial charge in [0.05, 0.1) is 18.5 Å². The number of anilines is 2. The fourth-order valence-electron chi connectivity index (χ4n) is 3.64. The van der Waals surface area contributed by atoms with Gasteiger partial charge in [0.15, 0.2) is 0 Å². The number of piperidine rings is 1. The Kier molecular flexibility index (Phi) is 5.38. The number of hydrogen-bond donors (Lipinski definition) is 4. The van der Waals surface area contributed by atoms with E-state index in [0.717, 1.165) is 54.0 Å². The third-order valence-electron chi connectivity index (χ3n) is 4.98. The molecule has 0 spiro atoms. The van der Waals surface area contributed by atoms with Gasteiger partial charge in [-0.1, -0.05) is 12.1 Å². The maximum absolute atomic E-state index is 12.4. The molecule has 0 aliphatic carbocycles. The lowest BCUT2D eigenvalue weighted by atomic mass is 10.1. The first-order chi connectivity index (χ1) is 13.7. The number of fused-ring (bicyclic) bond motifs is 1. The summed E-state index contributed by atoms with van der Waals surface area (Å²) in [4.78, 5) is 26.4. The van der Waals surface area contributed by atoms with Crippen molar-refractivity contribution in [3.63, 3.8) is 0 Å². The predicted molar refractivity (Wildman–Crippen MR) is 108 cm³/mol. The van der Waals surface area contributed by atoms with Crippen molar-refractivity contribution in [2.24, 2.45) is 0 Å². The quantitative estimate of drug-likeness (QED) is 0.518. The van der Waals surface area contributed by atoms with E-state index >= 15 is 0 Å². The molecule has 4 rings (SSSR count). The van der Waals surface area contributed by atoms with Crippen LogP contribution in [0.3, 0.4) is 0 Å². The molecule has 3 aromatic rings. The zero-order valence-electron chi connectivity index (χ0n) is 15.6. The number of carbonyl (C=O) groups excluding carboxylic acids is 1. The summed E-state index contributed by atoms with van der Waals surface area (Å²) in [6.45, 7) is 1.82. The molecule has 0 radical (unpaired) electrons. The largest absolute Gasteiger partial charge is 0.392 e. The third-order valence-corrected chi connectivity index (χ3v) is 4.98. The normalized spacial score (nSPS) is 16.9. The maximum atomic E-state index is 12.4. The minimum absolute atomic E-state index is 0.0168. The first kappa shape index (κ1) is 18.2. The predicted octanol–water partition coefficient (Wildman–Crippen LogP) is 1.65. The van der Waals surface area contributed by atoms with Crippen LogP contribution in [0.1, 0.15) is 18.4 Å². The Hall–Kier alpha value is -3.13. The van der Waals surface area contributed by atoms with Crippen LogP contribution in [0.2, 0.25) is 0 Å². The van der Waals surface area contributed by atoms with Crippen LogP contribution in [0.5, 0.6) is 0 Å². The van der Waals surface area contributed by atoms with Gasteiger partial charge in [-0.25, -0.2) is 9.97 Å². The molecule has 8 heteroatoms. The molecule has 1 aliphatic rings. The van der Waals surface area contributed by atoms with E-state index in [2.05, 4.69) is 30.5 Å². The Labute approximate surface area is 163 Å². The fraction of sp³-hybridized carbons (Fsp3) is 0.350. The zero-order valence-corrected chi connectivity index (χ0v) is 15.6. The van der Waals surface area contributed by atoms with Gasteiger partial charge in [-0.15, -0.1) is 0 Å². The molecule has 1 saturated heterocycles. The first-order valence-electron chi connectivity index (χ1n) is 9.49. The van der Waals surface area contributed by atoms with E-state index in [0.29, 0.717) is 0 Å². The van der Waals surface area contributed by atoms with E-state index in [1.54, 1.807) is 6.33 Å². The molecule has 0 saturated carbocycles. The van der Waals surface area contributed by atoms with Gasteiger partial charge in [-0.05, 0) is 36.6 Å². The van der Waals surface area contributed by atoms with Crippen molar-refractivity contribution in [1.82, 2.24) is 20.3 Å². The zero-order chi connectivity index (χ0) is 19.3. The molecule has 1 fully saturated rings. The van der Waals surface area contributed by atoms with Crippen LogP contribution in [-0.2, 0) is 11.4 Å². The van der Waals surface area contributed by atoms with Gasteiger partial charge in [-0.3, -0.25) is 4.79 Å². The maximum Gasteiger partial charge on any atom is 0.239 e. The van der Waals surface area contributed by atoms with Gasteiger partial charge < -0.3 is 25.6 Å². The Bertz CT molecular complexity index is 957. The first-order valence-corrected chi connectivity index (χ1v) is 9.49. The lowest BCUT2D eigenvalue weighted by molar-refractivity contribution is -0.120. The third kappa shape index (κ3) is 4.07. The van der Waals surface area contributed by atoms with Crippen LogP contribution in [0, 0.1) is 0 Å². The number of amides is 1. The van der Waals surface area contributed by atoms with Crippen molar-refractivity contribution in [1.29, 1.82) is 0 Å². The van der Waals surface area contributed by atoms with E-state index < -0.39 is 0 Å². The molecule has 4 N–H and O–H groups in total. The van der Waals surface area contributed by atoms with Crippen molar-refractivity contribution in [3.05, 3.63) is 48.4 Å². The van der Waals surface area contributed by atoms with E-state index in [-0.39, 0.29) is 25.1 Å². The number of rotatable bonds is 6. The van der Waals surface area contributed by atoms with Crippen molar-refractivity contribution in [3.8, 4) is 0 Å². The van der Waals surface area contributed by atoms with E-state index in [9.17, 15) is 9.90 Å². The number of hydrogen-bond acceptors (Lipinski definition) is 6. The molecule has 8 nitrogen and oxygen atoms in total. The lowest BCUT2D eigenvalue weighted by Crippen LogP contribution is -2.49. The Morgan fingerprint density at radius 2 is 2.25 bits per heavy atom. The second-order valence-electron chi connectivity index (χ2n) is 7.00.